The summed E-state index contributed by atoms with van der Waals surface area (Å²) >= 11 is 0. The van der Waals surface area contributed by atoms with Gasteiger partial charge in [0, 0.05) is 31.1 Å². The second kappa shape index (κ2) is 6.08. The Labute approximate surface area is 131 Å². The molecule has 1 aliphatic heterocycles. The predicted molar refractivity (Wildman–Crippen MR) is 86.0 cm³/mol. The summed E-state index contributed by atoms with van der Waals surface area (Å²) in [5.41, 5.74) is 2.50. The number of hydrogen-bond acceptors (Lipinski definition) is 4. The van der Waals surface area contributed by atoms with Crippen LogP contribution in [0.4, 0.5) is 0 Å². The Bertz CT molecular complexity index is 663. The van der Waals surface area contributed by atoms with Gasteiger partial charge >= 0.3 is 0 Å². The van der Waals surface area contributed by atoms with E-state index in [4.69, 9.17) is 4.74 Å². The molecule has 1 aliphatic rings. The summed E-state index contributed by atoms with van der Waals surface area (Å²) in [7, 11) is 1.73. The maximum Gasteiger partial charge on any atom is 0.147 e. The third-order valence-electron chi connectivity index (χ3n) is 4.21. The number of aromatic nitrogens is 3. The highest BCUT2D eigenvalue weighted by molar-refractivity contribution is 5.36. The van der Waals surface area contributed by atoms with Crippen LogP contribution in [0.15, 0.2) is 18.2 Å². The number of nitrogens with zero attached hydrogens (tertiary/aromatic N) is 4. The van der Waals surface area contributed by atoms with Gasteiger partial charge in [0.15, 0.2) is 0 Å². The van der Waals surface area contributed by atoms with Gasteiger partial charge < -0.3 is 9.30 Å². The first-order chi connectivity index (χ1) is 10.6. The predicted octanol–water partition coefficient (Wildman–Crippen LogP) is 2.73. The minimum Gasteiger partial charge on any atom is -0.496 e. The lowest BCUT2D eigenvalue weighted by Crippen LogP contribution is -2.34. The summed E-state index contributed by atoms with van der Waals surface area (Å²) in [6.07, 6.45) is 0. The van der Waals surface area contributed by atoms with Crippen molar-refractivity contribution < 1.29 is 4.74 Å². The van der Waals surface area contributed by atoms with Crippen LogP contribution in [-0.4, -0.2) is 33.3 Å². The van der Waals surface area contributed by atoms with Crippen molar-refractivity contribution in [2.75, 3.05) is 13.7 Å². The van der Waals surface area contributed by atoms with Gasteiger partial charge in [-0.2, -0.15) is 0 Å². The summed E-state index contributed by atoms with van der Waals surface area (Å²) in [6, 6.07) is 6.34. The van der Waals surface area contributed by atoms with Gasteiger partial charge in [0.2, 0.25) is 0 Å². The number of hydrogen-bond donors (Lipinski definition) is 0. The highest BCUT2D eigenvalue weighted by Gasteiger charge is 2.23. The number of fused-ring (bicyclic) bond motifs is 1. The van der Waals surface area contributed by atoms with Crippen LogP contribution in [0.1, 0.15) is 42.5 Å². The molecule has 5 heteroatoms. The molecular weight excluding hydrogens is 276 g/mol. The largest absolute Gasteiger partial charge is 0.496 e. The smallest absolute Gasteiger partial charge is 0.147 e. The molecule has 0 radical (unpaired) electrons. The molecule has 5 nitrogen and oxygen atoms in total. The Kier molecular flexibility index (Phi) is 4.16. The molecule has 0 fully saturated rings. The molecule has 1 aromatic heterocycles. The minimum absolute atomic E-state index is 0.421. The van der Waals surface area contributed by atoms with Crippen LogP contribution in [0.2, 0.25) is 0 Å². The zero-order valence-electron chi connectivity index (χ0n) is 13.8. The van der Waals surface area contributed by atoms with E-state index in [2.05, 4.69) is 52.6 Å². The van der Waals surface area contributed by atoms with Crippen LogP contribution in [-0.2, 0) is 19.6 Å². The average molecular weight is 300 g/mol. The Morgan fingerprint density at radius 3 is 2.77 bits per heavy atom. The van der Waals surface area contributed by atoms with Crippen molar-refractivity contribution in [2.45, 2.75) is 46.3 Å². The van der Waals surface area contributed by atoms with Crippen LogP contribution in [0, 0.1) is 6.92 Å². The molecule has 0 unspecified atom stereocenters. The van der Waals surface area contributed by atoms with Gasteiger partial charge in [-0.25, -0.2) is 0 Å². The van der Waals surface area contributed by atoms with Crippen molar-refractivity contribution in [2.24, 2.45) is 0 Å². The standard InChI is InChI=1S/C17H24N4O/c1-12(2)17-19-18-16-11-20(7-8-21(16)17)10-14-9-13(3)5-6-15(14)22-4/h5-6,9,12H,7-8,10-11H2,1-4H3. The third-order valence-corrected chi connectivity index (χ3v) is 4.21. The van der Waals surface area contributed by atoms with E-state index in [1.54, 1.807) is 7.11 Å². The van der Waals surface area contributed by atoms with Gasteiger partial charge in [-0.05, 0) is 13.0 Å². The zero-order chi connectivity index (χ0) is 15.7. The molecule has 3 rings (SSSR count). The normalized spacial score (nSPS) is 15.1. The Morgan fingerprint density at radius 2 is 2.05 bits per heavy atom. The Morgan fingerprint density at radius 1 is 1.23 bits per heavy atom. The maximum atomic E-state index is 5.49. The van der Waals surface area contributed by atoms with Gasteiger partial charge in [0.05, 0.1) is 13.7 Å². The van der Waals surface area contributed by atoms with E-state index >= 15 is 0 Å². The van der Waals surface area contributed by atoms with Crippen molar-refractivity contribution in [3.63, 3.8) is 0 Å². The molecule has 22 heavy (non-hydrogen) atoms. The number of methoxy groups -OCH3 is 1. The molecule has 0 saturated carbocycles. The molecule has 2 heterocycles. The van der Waals surface area contributed by atoms with Crippen LogP contribution in [0.25, 0.3) is 0 Å². The average Bonchev–Trinajstić information content (AvgIpc) is 2.91. The molecule has 0 saturated heterocycles. The molecule has 0 N–H and O–H groups in total. The first kappa shape index (κ1) is 15.0. The lowest BCUT2D eigenvalue weighted by molar-refractivity contribution is 0.204. The van der Waals surface area contributed by atoms with E-state index in [-0.39, 0.29) is 0 Å². The van der Waals surface area contributed by atoms with Crippen LogP contribution >= 0.6 is 0 Å². The first-order valence-electron chi connectivity index (χ1n) is 7.86. The molecule has 0 amide bonds. The zero-order valence-corrected chi connectivity index (χ0v) is 13.8. The highest BCUT2D eigenvalue weighted by atomic mass is 16.5. The second-order valence-electron chi connectivity index (χ2n) is 6.31. The molecule has 0 atom stereocenters. The number of aryl methyl sites for hydroxylation is 1. The van der Waals surface area contributed by atoms with E-state index in [1.807, 2.05) is 6.07 Å². The lowest BCUT2D eigenvalue weighted by Gasteiger charge is -2.28. The van der Waals surface area contributed by atoms with Gasteiger partial charge in [-0.1, -0.05) is 31.5 Å². The summed E-state index contributed by atoms with van der Waals surface area (Å²) in [6.45, 7) is 10.2. The summed E-state index contributed by atoms with van der Waals surface area (Å²) < 4.78 is 7.76. The van der Waals surface area contributed by atoms with E-state index in [0.29, 0.717) is 5.92 Å². The van der Waals surface area contributed by atoms with Crippen molar-refractivity contribution in [1.82, 2.24) is 19.7 Å². The maximum absolute atomic E-state index is 5.49. The lowest BCUT2D eigenvalue weighted by atomic mass is 10.1. The van der Waals surface area contributed by atoms with Crippen LogP contribution in [0.3, 0.4) is 0 Å². The van der Waals surface area contributed by atoms with Gasteiger partial charge in [-0.3, -0.25) is 4.90 Å². The molecule has 0 bridgehead atoms. The molecule has 118 valence electrons. The highest BCUT2D eigenvalue weighted by Crippen LogP contribution is 2.24. The third kappa shape index (κ3) is 2.86. The molecule has 1 aromatic carbocycles. The molecular formula is C17H24N4O. The van der Waals surface area contributed by atoms with Gasteiger partial charge in [-0.15, -0.1) is 10.2 Å². The summed E-state index contributed by atoms with van der Waals surface area (Å²) in [5.74, 6) is 3.55. The molecule has 2 aromatic rings. The Hall–Kier alpha value is -1.88. The SMILES string of the molecule is COc1ccc(C)cc1CN1CCn2c(nnc2C(C)C)C1. The first-order valence-corrected chi connectivity index (χ1v) is 7.86. The van der Waals surface area contributed by atoms with E-state index < -0.39 is 0 Å². The van der Waals surface area contributed by atoms with E-state index in [1.165, 1.54) is 11.1 Å². The quantitative estimate of drug-likeness (QED) is 0.871. The van der Waals surface area contributed by atoms with Crippen molar-refractivity contribution >= 4 is 0 Å². The number of rotatable bonds is 4. The Balaban J connectivity index is 1.77. The second-order valence-corrected chi connectivity index (χ2v) is 6.31. The number of ether oxygens (including phenoxy) is 1. The van der Waals surface area contributed by atoms with Gasteiger partial charge in [0.1, 0.15) is 17.4 Å². The topological polar surface area (TPSA) is 43.2 Å². The van der Waals surface area contributed by atoms with E-state index in [0.717, 1.165) is 43.6 Å². The van der Waals surface area contributed by atoms with Crippen molar-refractivity contribution in [3.8, 4) is 5.75 Å². The summed E-state index contributed by atoms with van der Waals surface area (Å²) in [5, 5.41) is 8.72. The van der Waals surface area contributed by atoms with Crippen molar-refractivity contribution in [1.29, 1.82) is 0 Å². The summed E-state index contributed by atoms with van der Waals surface area (Å²) in [4.78, 5) is 2.41. The fourth-order valence-electron chi connectivity index (χ4n) is 3.06. The number of benzene rings is 1. The fourth-order valence-corrected chi connectivity index (χ4v) is 3.06. The van der Waals surface area contributed by atoms with Crippen LogP contribution in [0.5, 0.6) is 5.75 Å². The van der Waals surface area contributed by atoms with Crippen molar-refractivity contribution in [3.05, 3.63) is 41.0 Å². The van der Waals surface area contributed by atoms with Crippen LogP contribution < -0.4 is 4.74 Å². The molecule has 0 aliphatic carbocycles. The van der Waals surface area contributed by atoms with E-state index in [9.17, 15) is 0 Å². The monoisotopic (exact) mass is 300 g/mol. The fraction of sp³-hybridized carbons (Fsp3) is 0.529. The molecule has 0 spiro atoms. The van der Waals surface area contributed by atoms with Gasteiger partial charge in [0.25, 0.3) is 0 Å². The minimum atomic E-state index is 0.421.